The quantitative estimate of drug-likeness (QED) is 0.198. The number of hydrogen-bond acceptors (Lipinski definition) is 7. The lowest BCUT2D eigenvalue weighted by Gasteiger charge is -2.22. The molecular formula is C18H24N4O8. The van der Waals surface area contributed by atoms with Crippen LogP contribution in [0, 0.1) is 0 Å². The molecule has 0 aliphatic carbocycles. The number of nitrogens with two attached hydrogens (primary N) is 2. The van der Waals surface area contributed by atoms with Crippen LogP contribution in [0.25, 0.3) is 0 Å². The molecule has 12 nitrogen and oxygen atoms in total. The summed E-state index contributed by atoms with van der Waals surface area (Å²) in [6, 6.07) is 1.60. The Balaban J connectivity index is 2.97. The van der Waals surface area contributed by atoms with Crippen molar-refractivity contribution in [1.29, 1.82) is 0 Å². The highest BCUT2D eigenvalue weighted by Gasteiger charge is 2.29. The summed E-state index contributed by atoms with van der Waals surface area (Å²) in [5.74, 6) is -5.32. The number of hydrogen-bond donors (Lipinski definition) is 7. The summed E-state index contributed by atoms with van der Waals surface area (Å²) >= 11 is 0. The predicted molar refractivity (Wildman–Crippen MR) is 102 cm³/mol. The van der Waals surface area contributed by atoms with Crippen LogP contribution in [0.3, 0.4) is 0 Å². The maximum Gasteiger partial charge on any atom is 0.326 e. The molecule has 12 heteroatoms. The molecule has 3 atom stereocenters. The maximum absolute atomic E-state index is 12.6. The van der Waals surface area contributed by atoms with Crippen LogP contribution in [0.5, 0.6) is 5.75 Å². The fraction of sp³-hybridized carbons (Fsp3) is 0.389. The van der Waals surface area contributed by atoms with Gasteiger partial charge in [-0.2, -0.15) is 0 Å². The Morgan fingerprint density at radius 2 is 1.50 bits per heavy atom. The summed E-state index contributed by atoms with van der Waals surface area (Å²) in [6.45, 7) is 0. The standard InChI is InChI=1S/C18H24N4O8/c19-11(5-6-15(25)26)16(27)21-12(7-9-1-3-10(23)4-2-9)17(28)22-13(18(29)30)8-14(20)24/h1-4,11-13,23H,5-8,19H2,(H2,20,24)(H,21,27)(H,22,28)(H,25,26)(H,29,30). The predicted octanol–water partition coefficient (Wildman–Crippen LogP) is -1.94. The minimum absolute atomic E-state index is 0.0214. The van der Waals surface area contributed by atoms with Gasteiger partial charge in [-0.15, -0.1) is 0 Å². The number of phenolic OH excluding ortho intramolecular Hbond substituents is 1. The topological polar surface area (TPSA) is 222 Å². The van der Waals surface area contributed by atoms with E-state index in [1.165, 1.54) is 24.3 Å². The molecule has 1 aromatic rings. The van der Waals surface area contributed by atoms with Crippen LogP contribution in [0.4, 0.5) is 0 Å². The molecule has 0 spiro atoms. The number of carbonyl (C=O) groups excluding carboxylic acids is 3. The van der Waals surface area contributed by atoms with Gasteiger partial charge in [-0.25, -0.2) is 4.79 Å². The number of carboxylic acids is 2. The molecule has 0 aliphatic heterocycles. The molecule has 0 aliphatic rings. The Morgan fingerprint density at radius 3 is 2.00 bits per heavy atom. The third-order valence-corrected chi connectivity index (χ3v) is 4.04. The first kappa shape index (κ1) is 24.4. The fourth-order valence-corrected chi connectivity index (χ4v) is 2.44. The molecule has 0 fully saturated rings. The third-order valence-electron chi connectivity index (χ3n) is 4.04. The highest BCUT2D eigenvalue weighted by Crippen LogP contribution is 2.12. The molecular weight excluding hydrogens is 400 g/mol. The Hall–Kier alpha value is -3.67. The molecule has 0 bridgehead atoms. The summed E-state index contributed by atoms with van der Waals surface area (Å²) in [4.78, 5) is 57.8. The molecule has 3 unspecified atom stereocenters. The molecule has 1 aromatic carbocycles. The van der Waals surface area contributed by atoms with Crippen molar-refractivity contribution < 1.29 is 39.3 Å². The summed E-state index contributed by atoms with van der Waals surface area (Å²) in [5, 5.41) is 31.7. The van der Waals surface area contributed by atoms with Crippen LogP contribution in [0.1, 0.15) is 24.8 Å². The Labute approximate surface area is 171 Å². The highest BCUT2D eigenvalue weighted by atomic mass is 16.4. The number of carbonyl (C=O) groups is 5. The maximum atomic E-state index is 12.6. The summed E-state index contributed by atoms with van der Waals surface area (Å²) in [7, 11) is 0. The SMILES string of the molecule is NC(=O)CC(NC(=O)C(Cc1ccc(O)cc1)NC(=O)C(N)CCC(=O)O)C(=O)O. The van der Waals surface area contributed by atoms with Crippen molar-refractivity contribution in [3.8, 4) is 5.75 Å². The molecule has 30 heavy (non-hydrogen) atoms. The van der Waals surface area contributed by atoms with E-state index in [9.17, 15) is 29.1 Å². The normalized spacial score (nSPS) is 13.5. The van der Waals surface area contributed by atoms with Crippen LogP contribution in [-0.2, 0) is 30.4 Å². The number of amides is 3. The second-order valence-electron chi connectivity index (χ2n) is 6.54. The van der Waals surface area contributed by atoms with E-state index in [-0.39, 0.29) is 25.0 Å². The zero-order valence-electron chi connectivity index (χ0n) is 15.9. The van der Waals surface area contributed by atoms with Gasteiger partial charge in [-0.05, 0) is 24.1 Å². The number of phenols is 1. The Kier molecular flexibility index (Phi) is 9.23. The first-order valence-electron chi connectivity index (χ1n) is 8.86. The molecule has 3 amide bonds. The van der Waals surface area contributed by atoms with Gasteiger partial charge >= 0.3 is 11.9 Å². The van der Waals surface area contributed by atoms with Gasteiger partial charge in [0.25, 0.3) is 0 Å². The minimum Gasteiger partial charge on any atom is -0.508 e. The summed E-state index contributed by atoms with van der Waals surface area (Å²) in [5.41, 5.74) is 11.2. The smallest absolute Gasteiger partial charge is 0.326 e. The first-order chi connectivity index (χ1) is 14.0. The zero-order chi connectivity index (χ0) is 22.8. The van der Waals surface area contributed by atoms with Crippen LogP contribution < -0.4 is 22.1 Å². The van der Waals surface area contributed by atoms with Crippen LogP contribution in [-0.4, -0.2) is 63.1 Å². The van der Waals surface area contributed by atoms with Gasteiger partial charge in [0, 0.05) is 12.8 Å². The molecule has 9 N–H and O–H groups in total. The van der Waals surface area contributed by atoms with Crippen molar-refractivity contribution in [2.45, 2.75) is 43.8 Å². The second kappa shape index (κ2) is 11.4. The highest BCUT2D eigenvalue weighted by molar-refractivity contribution is 5.93. The lowest BCUT2D eigenvalue weighted by atomic mass is 10.0. The van der Waals surface area contributed by atoms with Gasteiger partial charge in [0.2, 0.25) is 17.7 Å². The number of nitrogens with one attached hydrogen (secondary N) is 2. The largest absolute Gasteiger partial charge is 0.508 e. The molecule has 0 saturated carbocycles. The zero-order valence-corrected chi connectivity index (χ0v) is 15.9. The van der Waals surface area contributed by atoms with E-state index in [1.54, 1.807) is 0 Å². The number of primary amides is 1. The van der Waals surface area contributed by atoms with Crippen molar-refractivity contribution in [2.24, 2.45) is 11.5 Å². The van der Waals surface area contributed by atoms with Crippen molar-refractivity contribution in [1.82, 2.24) is 10.6 Å². The van der Waals surface area contributed by atoms with E-state index >= 15 is 0 Å². The summed E-state index contributed by atoms with van der Waals surface area (Å²) in [6.07, 6.45) is -1.28. The molecule has 0 saturated heterocycles. The molecule has 1 rings (SSSR count). The van der Waals surface area contributed by atoms with E-state index in [0.717, 1.165) is 0 Å². The van der Waals surface area contributed by atoms with Crippen LogP contribution in [0.15, 0.2) is 24.3 Å². The van der Waals surface area contributed by atoms with E-state index in [4.69, 9.17) is 21.7 Å². The summed E-state index contributed by atoms with van der Waals surface area (Å²) < 4.78 is 0. The lowest BCUT2D eigenvalue weighted by Crippen LogP contribution is -2.55. The second-order valence-corrected chi connectivity index (χ2v) is 6.54. The molecule has 0 aromatic heterocycles. The van der Waals surface area contributed by atoms with E-state index < -0.39 is 54.2 Å². The van der Waals surface area contributed by atoms with Crippen molar-refractivity contribution >= 4 is 29.7 Å². The van der Waals surface area contributed by atoms with Gasteiger partial charge in [0.1, 0.15) is 17.8 Å². The fourth-order valence-electron chi connectivity index (χ4n) is 2.44. The third kappa shape index (κ3) is 8.56. The van der Waals surface area contributed by atoms with Crippen LogP contribution in [0.2, 0.25) is 0 Å². The average Bonchev–Trinajstić information content (AvgIpc) is 2.65. The van der Waals surface area contributed by atoms with Crippen molar-refractivity contribution in [3.63, 3.8) is 0 Å². The molecule has 0 radical (unpaired) electrons. The van der Waals surface area contributed by atoms with Gasteiger partial charge < -0.3 is 37.4 Å². The van der Waals surface area contributed by atoms with Gasteiger partial charge in [0.05, 0.1) is 12.5 Å². The van der Waals surface area contributed by atoms with Crippen LogP contribution >= 0.6 is 0 Å². The van der Waals surface area contributed by atoms with E-state index in [0.29, 0.717) is 5.56 Å². The Bertz CT molecular complexity index is 796. The Morgan fingerprint density at radius 1 is 0.933 bits per heavy atom. The van der Waals surface area contributed by atoms with E-state index in [2.05, 4.69) is 10.6 Å². The number of rotatable bonds is 12. The molecule has 0 heterocycles. The van der Waals surface area contributed by atoms with Crippen molar-refractivity contribution in [3.05, 3.63) is 29.8 Å². The number of carboxylic acid groups (broad SMARTS) is 2. The van der Waals surface area contributed by atoms with Crippen molar-refractivity contribution in [2.75, 3.05) is 0 Å². The van der Waals surface area contributed by atoms with E-state index in [1.807, 2.05) is 0 Å². The number of benzene rings is 1. The average molecular weight is 424 g/mol. The lowest BCUT2D eigenvalue weighted by molar-refractivity contribution is -0.143. The monoisotopic (exact) mass is 424 g/mol. The number of aromatic hydroxyl groups is 1. The molecule has 164 valence electrons. The van der Waals surface area contributed by atoms with Gasteiger partial charge in [0.15, 0.2) is 0 Å². The van der Waals surface area contributed by atoms with Gasteiger partial charge in [-0.1, -0.05) is 12.1 Å². The number of aliphatic carboxylic acids is 2. The minimum atomic E-state index is -1.60. The first-order valence-corrected chi connectivity index (χ1v) is 8.86. The van der Waals surface area contributed by atoms with Gasteiger partial charge in [-0.3, -0.25) is 19.2 Å².